The van der Waals surface area contributed by atoms with Crippen molar-refractivity contribution in [2.24, 2.45) is 16.2 Å². The lowest BCUT2D eigenvalue weighted by atomic mass is 9.69. The van der Waals surface area contributed by atoms with Crippen molar-refractivity contribution in [2.75, 3.05) is 13.1 Å². The van der Waals surface area contributed by atoms with Gasteiger partial charge in [-0.05, 0) is 24.7 Å². The predicted molar refractivity (Wildman–Crippen MR) is 67.5 cm³/mol. The molecule has 2 N–H and O–H groups in total. The Labute approximate surface area is 99.6 Å². The highest BCUT2D eigenvalue weighted by atomic mass is 16.4. The Morgan fingerprint density at radius 1 is 1.00 bits per heavy atom. The Morgan fingerprint density at radius 2 is 1.44 bits per heavy atom. The van der Waals surface area contributed by atoms with E-state index in [-0.39, 0.29) is 10.8 Å². The Kier molecular flexibility index (Phi) is 4.57. The van der Waals surface area contributed by atoms with Gasteiger partial charge in [-0.2, -0.15) is 0 Å². The van der Waals surface area contributed by atoms with Gasteiger partial charge in [-0.15, -0.1) is 0 Å². The molecule has 0 rings (SSSR count). The first-order chi connectivity index (χ1) is 6.90. The van der Waals surface area contributed by atoms with Gasteiger partial charge >= 0.3 is 5.97 Å². The summed E-state index contributed by atoms with van der Waals surface area (Å²) in [5, 5.41) is 12.3. The summed E-state index contributed by atoms with van der Waals surface area (Å²) >= 11 is 0. The summed E-state index contributed by atoms with van der Waals surface area (Å²) in [5.41, 5.74) is -0.358. The summed E-state index contributed by atoms with van der Waals surface area (Å²) in [6.07, 6.45) is 0. The third-order valence-corrected chi connectivity index (χ3v) is 3.74. The molecule has 0 aliphatic rings. The van der Waals surface area contributed by atoms with Crippen molar-refractivity contribution in [1.29, 1.82) is 0 Å². The van der Waals surface area contributed by atoms with E-state index in [1.54, 1.807) is 13.8 Å². The van der Waals surface area contributed by atoms with Crippen LogP contribution in [0.2, 0.25) is 0 Å². The van der Waals surface area contributed by atoms with Gasteiger partial charge < -0.3 is 10.4 Å². The summed E-state index contributed by atoms with van der Waals surface area (Å²) < 4.78 is 0. The zero-order valence-electron chi connectivity index (χ0n) is 11.8. The van der Waals surface area contributed by atoms with Crippen LogP contribution in [0.5, 0.6) is 0 Å². The van der Waals surface area contributed by atoms with Crippen LogP contribution < -0.4 is 5.32 Å². The van der Waals surface area contributed by atoms with E-state index in [1.165, 1.54) is 0 Å². The molecule has 0 aliphatic carbocycles. The van der Waals surface area contributed by atoms with Crippen LogP contribution in [-0.2, 0) is 4.79 Å². The molecule has 3 heteroatoms. The van der Waals surface area contributed by atoms with E-state index in [1.807, 2.05) is 0 Å². The highest BCUT2D eigenvalue weighted by Gasteiger charge is 2.33. The van der Waals surface area contributed by atoms with Gasteiger partial charge in [0.25, 0.3) is 0 Å². The second-order valence-electron chi connectivity index (χ2n) is 6.93. The Bertz CT molecular complexity index is 249. The van der Waals surface area contributed by atoms with Crippen molar-refractivity contribution in [3.63, 3.8) is 0 Å². The lowest BCUT2D eigenvalue weighted by molar-refractivity contribution is -0.146. The van der Waals surface area contributed by atoms with Gasteiger partial charge in [0.1, 0.15) is 0 Å². The molecule has 0 saturated heterocycles. The highest BCUT2D eigenvalue weighted by Crippen LogP contribution is 2.37. The van der Waals surface area contributed by atoms with Gasteiger partial charge in [0, 0.05) is 13.1 Å². The van der Waals surface area contributed by atoms with Crippen LogP contribution in [0, 0.1) is 16.2 Å². The summed E-state index contributed by atoms with van der Waals surface area (Å²) in [6.45, 7) is 15.8. The first-order valence-electron chi connectivity index (χ1n) is 5.84. The average molecular weight is 229 g/mol. The van der Waals surface area contributed by atoms with E-state index in [4.69, 9.17) is 5.11 Å². The molecule has 96 valence electrons. The van der Waals surface area contributed by atoms with Gasteiger partial charge in [0.15, 0.2) is 0 Å². The van der Waals surface area contributed by atoms with E-state index in [0.717, 1.165) is 6.54 Å². The SMILES string of the molecule is CC(C)(CNCC(C)(C)C(C)(C)C)C(=O)O. The minimum atomic E-state index is -0.756. The Balaban J connectivity index is 4.24. The maximum absolute atomic E-state index is 10.9. The van der Waals surface area contributed by atoms with Crippen LogP contribution in [0.3, 0.4) is 0 Å². The van der Waals surface area contributed by atoms with E-state index >= 15 is 0 Å². The molecular weight excluding hydrogens is 202 g/mol. The molecule has 0 fully saturated rings. The van der Waals surface area contributed by atoms with Crippen LogP contribution in [-0.4, -0.2) is 24.2 Å². The van der Waals surface area contributed by atoms with E-state index < -0.39 is 11.4 Å². The van der Waals surface area contributed by atoms with E-state index in [9.17, 15) is 4.79 Å². The largest absolute Gasteiger partial charge is 0.481 e. The molecule has 0 aromatic rings. The normalized spacial score (nSPS) is 13.9. The average Bonchev–Trinajstić information content (AvgIpc) is 2.00. The minimum Gasteiger partial charge on any atom is -0.481 e. The zero-order chi connectivity index (χ0) is 13.2. The number of aliphatic carboxylic acids is 1. The smallest absolute Gasteiger partial charge is 0.310 e. The number of carboxylic acids is 1. The molecule has 0 aliphatic heterocycles. The molecule has 0 aromatic carbocycles. The van der Waals surface area contributed by atoms with Gasteiger partial charge in [0.05, 0.1) is 5.41 Å². The number of hydrogen-bond donors (Lipinski definition) is 2. The third-order valence-electron chi connectivity index (χ3n) is 3.74. The Morgan fingerprint density at radius 3 is 1.75 bits per heavy atom. The van der Waals surface area contributed by atoms with E-state index in [2.05, 4.69) is 39.9 Å². The topological polar surface area (TPSA) is 49.3 Å². The van der Waals surface area contributed by atoms with Gasteiger partial charge in [-0.25, -0.2) is 0 Å². The number of rotatable bonds is 5. The van der Waals surface area contributed by atoms with Crippen LogP contribution in [0.15, 0.2) is 0 Å². The number of nitrogens with one attached hydrogen (secondary N) is 1. The first kappa shape index (κ1) is 15.4. The zero-order valence-corrected chi connectivity index (χ0v) is 11.8. The second kappa shape index (κ2) is 4.74. The first-order valence-corrected chi connectivity index (χ1v) is 5.84. The molecule has 0 bridgehead atoms. The molecule has 0 heterocycles. The van der Waals surface area contributed by atoms with Crippen LogP contribution in [0.4, 0.5) is 0 Å². The van der Waals surface area contributed by atoms with Gasteiger partial charge in [-0.3, -0.25) is 4.79 Å². The highest BCUT2D eigenvalue weighted by molar-refractivity contribution is 5.73. The number of hydrogen-bond acceptors (Lipinski definition) is 2. The Hall–Kier alpha value is -0.570. The maximum Gasteiger partial charge on any atom is 0.310 e. The molecule has 0 amide bonds. The van der Waals surface area contributed by atoms with Crippen molar-refractivity contribution in [3.05, 3.63) is 0 Å². The van der Waals surface area contributed by atoms with Crippen molar-refractivity contribution in [1.82, 2.24) is 5.32 Å². The molecule has 0 aromatic heterocycles. The van der Waals surface area contributed by atoms with E-state index in [0.29, 0.717) is 6.54 Å². The molecule has 16 heavy (non-hydrogen) atoms. The second-order valence-corrected chi connectivity index (χ2v) is 6.93. The lowest BCUT2D eigenvalue weighted by Crippen LogP contribution is -2.44. The lowest BCUT2D eigenvalue weighted by Gasteiger charge is -2.39. The van der Waals surface area contributed by atoms with Crippen molar-refractivity contribution in [3.8, 4) is 0 Å². The molecule has 3 nitrogen and oxygen atoms in total. The minimum absolute atomic E-state index is 0.140. The molecular formula is C13H27NO2. The maximum atomic E-state index is 10.9. The van der Waals surface area contributed by atoms with Crippen LogP contribution >= 0.6 is 0 Å². The summed E-state index contributed by atoms with van der Waals surface area (Å²) in [5.74, 6) is -0.756. The summed E-state index contributed by atoms with van der Waals surface area (Å²) in [4.78, 5) is 10.9. The molecule has 0 atom stereocenters. The molecule has 0 radical (unpaired) electrons. The van der Waals surface area contributed by atoms with Gasteiger partial charge in [0.2, 0.25) is 0 Å². The summed E-state index contributed by atoms with van der Waals surface area (Å²) in [6, 6.07) is 0. The fraction of sp³-hybridized carbons (Fsp3) is 0.923. The fourth-order valence-corrected chi connectivity index (χ4v) is 1.03. The third kappa shape index (κ3) is 4.12. The van der Waals surface area contributed by atoms with Crippen LogP contribution in [0.1, 0.15) is 48.5 Å². The fourth-order valence-electron chi connectivity index (χ4n) is 1.03. The van der Waals surface area contributed by atoms with Crippen LogP contribution in [0.25, 0.3) is 0 Å². The quantitative estimate of drug-likeness (QED) is 0.762. The monoisotopic (exact) mass is 229 g/mol. The molecule has 0 spiro atoms. The van der Waals surface area contributed by atoms with Crippen molar-refractivity contribution in [2.45, 2.75) is 48.5 Å². The standard InChI is InChI=1S/C13H27NO2/c1-11(2,3)13(6,7)9-14-8-12(4,5)10(15)16/h14H,8-9H2,1-7H3,(H,15,16). The summed E-state index contributed by atoms with van der Waals surface area (Å²) in [7, 11) is 0. The van der Waals surface area contributed by atoms with Gasteiger partial charge in [-0.1, -0.05) is 34.6 Å². The van der Waals surface area contributed by atoms with Crippen molar-refractivity contribution < 1.29 is 9.90 Å². The molecule has 0 saturated carbocycles. The number of carboxylic acid groups (broad SMARTS) is 1. The number of carbonyl (C=O) groups is 1. The predicted octanol–water partition coefficient (Wildman–Crippen LogP) is 2.76. The van der Waals surface area contributed by atoms with Crippen molar-refractivity contribution >= 4 is 5.97 Å². The molecule has 0 unspecified atom stereocenters.